The fourth-order valence-electron chi connectivity index (χ4n) is 8.73. The number of cyclic esters (lactones) is 1. The van der Waals surface area contributed by atoms with Gasteiger partial charge in [0.2, 0.25) is 45.5 Å². The van der Waals surface area contributed by atoms with Crippen LogP contribution in [0.25, 0.3) is 0 Å². The van der Waals surface area contributed by atoms with Gasteiger partial charge in [-0.25, -0.2) is 26.7 Å². The molecule has 2 aromatic carbocycles. The molecule has 8 atom stereocenters. The zero-order valence-electron chi connectivity index (χ0n) is 35.0. The van der Waals surface area contributed by atoms with Gasteiger partial charge >= 0.3 is 5.97 Å². The number of esters is 1. The van der Waals surface area contributed by atoms with Crippen LogP contribution in [0.3, 0.4) is 0 Å². The summed E-state index contributed by atoms with van der Waals surface area (Å²) in [5.41, 5.74) is 0.931. The summed E-state index contributed by atoms with van der Waals surface area (Å²) in [5.74, 6) is -6.91. The standard InChI is InChI=1S/C42H53F2N7O10S/c1-23-11-12-27(30(44)14-23)18-36(52)46-31(17-26-8-7-9-28(43)16-26)37(53)47-32-22-61-42(58)35-15-24(2)20-50(35)39(55)25(3)45-38(54)33-10-5-6-13-49(33)41(57)34-19-29(48-62(4,59)60)21-51(34)40(32)56/h7-9,11-12,14,16,24-25,29,31-35,48H,5-6,10,13,15,17-22H2,1-4H3,(H,45,54)(H,46,52)(H,47,53)/t24-,25+,29?,31+,32+,33+,34+,35+/m1/s1. The lowest BCUT2D eigenvalue weighted by atomic mass is 9.99. The summed E-state index contributed by atoms with van der Waals surface area (Å²) >= 11 is 0. The Kier molecular flexibility index (Phi) is 14.3. The van der Waals surface area contributed by atoms with Crippen LogP contribution in [0.1, 0.15) is 62.6 Å². The maximum atomic E-state index is 14.8. The second-order valence-electron chi connectivity index (χ2n) is 16.9. The summed E-state index contributed by atoms with van der Waals surface area (Å²) in [7, 11) is -3.87. The van der Waals surface area contributed by atoms with Crippen LogP contribution < -0.4 is 20.7 Å². The van der Waals surface area contributed by atoms with Gasteiger partial charge in [-0.2, -0.15) is 0 Å². The van der Waals surface area contributed by atoms with E-state index in [-0.39, 0.29) is 62.4 Å². The summed E-state index contributed by atoms with van der Waals surface area (Å²) in [6, 6.07) is 0.685. The molecule has 0 spiro atoms. The SMILES string of the molecule is Cc1ccc(CC(=O)N[C@@H](Cc2cccc(F)c2)C(=O)N[C@H]2COC(=O)[C@@H]3C[C@@H](C)CN3C(=O)[C@H](C)NC(=O)[C@@H]3CCCCN3C(=O)[C@@H]3CC(NS(C)(=O)=O)CN3C2=O)c(F)c1. The van der Waals surface area contributed by atoms with Crippen molar-refractivity contribution < 1.29 is 55.5 Å². The van der Waals surface area contributed by atoms with Crippen LogP contribution in [-0.4, -0.2) is 139 Å². The van der Waals surface area contributed by atoms with Gasteiger partial charge < -0.3 is 35.4 Å². The van der Waals surface area contributed by atoms with E-state index in [1.54, 1.807) is 13.0 Å². The van der Waals surface area contributed by atoms with Crippen molar-refractivity contribution in [3.05, 3.63) is 70.8 Å². The first kappa shape index (κ1) is 46.0. The summed E-state index contributed by atoms with van der Waals surface area (Å²) in [4.78, 5) is 102. The molecule has 4 N–H and O–H groups in total. The van der Waals surface area contributed by atoms with Gasteiger partial charge in [0.05, 0.1) is 12.7 Å². The number of hydrogen-bond acceptors (Lipinski definition) is 10. The fraction of sp³-hybridized carbons (Fsp3) is 0.548. The number of hydrogen-bond donors (Lipinski definition) is 4. The average Bonchev–Trinajstić information content (AvgIpc) is 3.81. The molecule has 336 valence electrons. The van der Waals surface area contributed by atoms with Crippen molar-refractivity contribution in [1.29, 1.82) is 0 Å². The third kappa shape index (κ3) is 11.1. The van der Waals surface area contributed by atoms with Crippen LogP contribution in [0.5, 0.6) is 0 Å². The largest absolute Gasteiger partial charge is 0.461 e. The summed E-state index contributed by atoms with van der Waals surface area (Å²) in [6.07, 6.45) is 1.46. The van der Waals surface area contributed by atoms with E-state index in [0.29, 0.717) is 18.4 Å². The molecule has 0 aromatic heterocycles. The highest BCUT2D eigenvalue weighted by Gasteiger charge is 2.48. The zero-order valence-corrected chi connectivity index (χ0v) is 35.8. The predicted molar refractivity (Wildman–Crippen MR) is 218 cm³/mol. The number of carbonyl (C=O) groups is 7. The normalized spacial score (nSPS) is 26.8. The Bertz CT molecular complexity index is 2210. The summed E-state index contributed by atoms with van der Waals surface area (Å²) in [5, 5.41) is 7.82. The number of nitrogens with one attached hydrogen (secondary N) is 4. The Morgan fingerprint density at radius 1 is 0.903 bits per heavy atom. The highest BCUT2D eigenvalue weighted by atomic mass is 32.2. The summed E-state index contributed by atoms with van der Waals surface area (Å²) in [6.45, 7) is 4.10. The molecule has 4 fully saturated rings. The second kappa shape index (κ2) is 19.3. The van der Waals surface area contributed by atoms with Gasteiger partial charge in [0.15, 0.2) is 0 Å². The van der Waals surface area contributed by atoms with Gasteiger partial charge in [-0.15, -0.1) is 0 Å². The number of ether oxygens (including phenoxy) is 1. The molecule has 62 heavy (non-hydrogen) atoms. The molecule has 1 unspecified atom stereocenters. The molecule has 4 aliphatic rings. The first-order valence-electron chi connectivity index (χ1n) is 20.7. The van der Waals surface area contributed by atoms with E-state index >= 15 is 0 Å². The van der Waals surface area contributed by atoms with Gasteiger partial charge in [-0.05, 0) is 86.8 Å². The third-order valence-electron chi connectivity index (χ3n) is 11.7. The number of aryl methyl sites for hydroxylation is 1. The van der Waals surface area contributed by atoms with E-state index in [2.05, 4.69) is 20.7 Å². The first-order chi connectivity index (χ1) is 29.3. The number of amides is 6. The minimum atomic E-state index is -3.87. The van der Waals surface area contributed by atoms with E-state index in [0.717, 1.165) is 17.2 Å². The number of nitrogens with zero attached hydrogens (tertiary/aromatic N) is 3. The van der Waals surface area contributed by atoms with Gasteiger partial charge in [0.25, 0.3) is 0 Å². The monoisotopic (exact) mass is 885 g/mol. The fourth-order valence-corrected chi connectivity index (χ4v) is 9.50. The Balaban J connectivity index is 1.36. The van der Waals surface area contributed by atoms with Crippen LogP contribution in [0, 0.1) is 24.5 Å². The third-order valence-corrected chi connectivity index (χ3v) is 12.4. The summed E-state index contributed by atoms with van der Waals surface area (Å²) < 4.78 is 62.1. The maximum absolute atomic E-state index is 14.8. The molecule has 17 nitrogen and oxygen atoms in total. The zero-order chi connectivity index (χ0) is 45.0. The molecule has 20 heteroatoms. The highest BCUT2D eigenvalue weighted by molar-refractivity contribution is 7.88. The lowest BCUT2D eigenvalue weighted by Gasteiger charge is -2.39. The van der Waals surface area contributed by atoms with Gasteiger partial charge in [-0.3, -0.25) is 28.8 Å². The number of benzene rings is 2. The molecule has 0 bridgehead atoms. The molecule has 2 aromatic rings. The Morgan fingerprint density at radius 2 is 1.65 bits per heavy atom. The van der Waals surface area contributed by atoms with Crippen molar-refractivity contribution in [2.45, 2.75) is 108 Å². The van der Waals surface area contributed by atoms with Gasteiger partial charge in [-0.1, -0.05) is 31.2 Å². The molecule has 4 heterocycles. The highest BCUT2D eigenvalue weighted by Crippen LogP contribution is 2.28. The molecule has 0 radical (unpaired) electrons. The topological polar surface area (TPSA) is 221 Å². The smallest absolute Gasteiger partial charge is 0.328 e. The molecule has 4 saturated heterocycles. The molecule has 0 aliphatic carbocycles. The minimum absolute atomic E-state index is 0.0382. The molecule has 6 amide bonds. The number of fused-ring (bicyclic) bond motifs is 3. The molecule has 6 rings (SSSR count). The lowest BCUT2D eigenvalue weighted by Crippen LogP contribution is -2.62. The van der Waals surface area contributed by atoms with E-state index in [4.69, 9.17) is 4.74 Å². The molecular weight excluding hydrogens is 833 g/mol. The van der Waals surface area contributed by atoms with Crippen LogP contribution in [0.2, 0.25) is 0 Å². The minimum Gasteiger partial charge on any atom is -0.461 e. The quantitative estimate of drug-likeness (QED) is 0.251. The predicted octanol–water partition coefficient (Wildman–Crippen LogP) is 0.226. The van der Waals surface area contributed by atoms with Crippen LogP contribution >= 0.6 is 0 Å². The van der Waals surface area contributed by atoms with Crippen LogP contribution in [0.15, 0.2) is 42.5 Å². The first-order valence-corrected chi connectivity index (χ1v) is 22.6. The molecular formula is C42H53F2N7O10S. The van der Waals surface area contributed by atoms with Gasteiger partial charge in [0, 0.05) is 32.1 Å². The average molecular weight is 886 g/mol. The number of sulfonamides is 1. The Hall–Kier alpha value is -5.50. The van der Waals surface area contributed by atoms with Crippen molar-refractivity contribution in [2.75, 3.05) is 32.5 Å². The van der Waals surface area contributed by atoms with Crippen molar-refractivity contribution in [2.24, 2.45) is 5.92 Å². The van der Waals surface area contributed by atoms with Gasteiger partial charge in [0.1, 0.15) is 54.5 Å². The van der Waals surface area contributed by atoms with E-state index in [9.17, 15) is 50.8 Å². The number of halogens is 2. The molecule has 4 aliphatic heterocycles. The number of rotatable bonds is 9. The maximum Gasteiger partial charge on any atom is 0.328 e. The van der Waals surface area contributed by atoms with Crippen molar-refractivity contribution in [3.8, 4) is 0 Å². The van der Waals surface area contributed by atoms with Crippen LogP contribution in [-0.2, 0) is 61.2 Å². The second-order valence-corrected chi connectivity index (χ2v) is 18.6. The van der Waals surface area contributed by atoms with Crippen LogP contribution in [0.4, 0.5) is 8.78 Å². The van der Waals surface area contributed by atoms with Crippen molar-refractivity contribution in [3.63, 3.8) is 0 Å². The number of piperidine rings is 1. The number of carbonyl (C=O) groups excluding carboxylic acids is 7. The Labute approximate surface area is 358 Å². The Morgan fingerprint density at radius 3 is 2.35 bits per heavy atom. The molecule has 0 saturated carbocycles. The van der Waals surface area contributed by atoms with E-state index in [1.165, 1.54) is 47.1 Å². The van der Waals surface area contributed by atoms with Crippen molar-refractivity contribution >= 4 is 51.4 Å². The van der Waals surface area contributed by atoms with E-state index in [1.807, 2.05) is 6.92 Å². The lowest BCUT2D eigenvalue weighted by molar-refractivity contribution is -0.158. The van der Waals surface area contributed by atoms with Crippen molar-refractivity contribution in [1.82, 2.24) is 35.4 Å². The van der Waals surface area contributed by atoms with E-state index < -0.39 is 118 Å².